The highest BCUT2D eigenvalue weighted by molar-refractivity contribution is 5.94. The molecule has 0 fully saturated rings. The molecule has 3 rings (SSSR count). The van der Waals surface area contributed by atoms with Gasteiger partial charge in [0.25, 0.3) is 5.91 Å². The third-order valence-electron chi connectivity index (χ3n) is 4.73. The molecule has 0 bridgehead atoms. The number of nitrogens with one attached hydrogen (secondary N) is 3. The molecule has 0 aliphatic carbocycles. The van der Waals surface area contributed by atoms with Gasteiger partial charge in [-0.1, -0.05) is 12.1 Å². The first-order valence-electron chi connectivity index (χ1n) is 9.53. The first kappa shape index (κ1) is 19.9. The summed E-state index contributed by atoms with van der Waals surface area (Å²) in [6.45, 7) is 6.13. The van der Waals surface area contributed by atoms with E-state index < -0.39 is 0 Å². The molecular weight excluding hydrogens is 356 g/mol. The zero-order chi connectivity index (χ0) is 20.3. The SMILES string of the molecule is CC(C)n1nc(C(=O)NCc2ccc(NC(=O)N(C)C)cc2)c2c1CCNC2. The van der Waals surface area contributed by atoms with Crippen molar-refractivity contribution in [3.8, 4) is 0 Å². The number of benzene rings is 1. The second kappa shape index (κ2) is 8.43. The molecule has 1 aliphatic rings. The zero-order valence-electron chi connectivity index (χ0n) is 16.9. The Bertz CT molecular complexity index is 854. The average molecular weight is 384 g/mol. The van der Waals surface area contributed by atoms with Crippen LogP contribution in [0.25, 0.3) is 0 Å². The highest BCUT2D eigenvalue weighted by Crippen LogP contribution is 2.22. The summed E-state index contributed by atoms with van der Waals surface area (Å²) in [5.41, 5.74) is 4.32. The van der Waals surface area contributed by atoms with Crippen LogP contribution < -0.4 is 16.0 Å². The monoisotopic (exact) mass is 384 g/mol. The summed E-state index contributed by atoms with van der Waals surface area (Å²) in [4.78, 5) is 25.9. The summed E-state index contributed by atoms with van der Waals surface area (Å²) in [6, 6.07) is 7.45. The minimum atomic E-state index is -0.180. The number of amides is 3. The van der Waals surface area contributed by atoms with Gasteiger partial charge >= 0.3 is 6.03 Å². The van der Waals surface area contributed by atoms with E-state index in [2.05, 4.69) is 34.9 Å². The van der Waals surface area contributed by atoms with Crippen LogP contribution in [0, 0.1) is 0 Å². The molecule has 28 heavy (non-hydrogen) atoms. The molecule has 2 heterocycles. The number of hydrogen-bond donors (Lipinski definition) is 3. The van der Waals surface area contributed by atoms with Crippen LogP contribution in [0.3, 0.4) is 0 Å². The summed E-state index contributed by atoms with van der Waals surface area (Å²) in [5, 5.41) is 13.6. The van der Waals surface area contributed by atoms with Gasteiger partial charge in [0, 0.05) is 63.1 Å². The highest BCUT2D eigenvalue weighted by Gasteiger charge is 2.25. The largest absolute Gasteiger partial charge is 0.347 e. The molecule has 1 aromatic heterocycles. The summed E-state index contributed by atoms with van der Waals surface area (Å²) < 4.78 is 1.97. The van der Waals surface area contributed by atoms with Crippen LogP contribution in [0.5, 0.6) is 0 Å². The van der Waals surface area contributed by atoms with Crippen LogP contribution in [0.4, 0.5) is 10.5 Å². The Kier molecular flexibility index (Phi) is 5.99. The fourth-order valence-electron chi connectivity index (χ4n) is 3.19. The number of anilines is 1. The van der Waals surface area contributed by atoms with Crippen molar-refractivity contribution in [1.82, 2.24) is 25.3 Å². The van der Waals surface area contributed by atoms with E-state index in [9.17, 15) is 9.59 Å². The standard InChI is InChI=1S/C20H28N6O2/c1-13(2)26-17-9-10-21-12-16(17)18(24-26)19(27)22-11-14-5-7-15(8-6-14)23-20(28)25(3)4/h5-8,13,21H,9-12H2,1-4H3,(H,22,27)(H,23,28). The van der Waals surface area contributed by atoms with E-state index in [0.717, 1.165) is 29.8 Å². The molecule has 1 aliphatic heterocycles. The molecule has 8 nitrogen and oxygen atoms in total. The normalized spacial score (nSPS) is 13.2. The molecule has 0 saturated carbocycles. The van der Waals surface area contributed by atoms with Gasteiger partial charge in [0.05, 0.1) is 0 Å². The minimum Gasteiger partial charge on any atom is -0.347 e. The van der Waals surface area contributed by atoms with E-state index in [1.807, 2.05) is 28.9 Å². The third-order valence-corrected chi connectivity index (χ3v) is 4.73. The van der Waals surface area contributed by atoms with Gasteiger partial charge in [-0.3, -0.25) is 9.48 Å². The number of nitrogens with zero attached hydrogens (tertiary/aromatic N) is 3. The van der Waals surface area contributed by atoms with Crippen molar-refractivity contribution in [3.63, 3.8) is 0 Å². The van der Waals surface area contributed by atoms with Gasteiger partial charge in [-0.25, -0.2) is 4.79 Å². The van der Waals surface area contributed by atoms with E-state index >= 15 is 0 Å². The van der Waals surface area contributed by atoms with Gasteiger partial charge in [-0.05, 0) is 31.5 Å². The first-order valence-corrected chi connectivity index (χ1v) is 9.53. The maximum Gasteiger partial charge on any atom is 0.321 e. The van der Waals surface area contributed by atoms with Crippen molar-refractivity contribution in [3.05, 3.63) is 46.8 Å². The number of carbonyl (C=O) groups excluding carboxylic acids is 2. The van der Waals surface area contributed by atoms with Crippen molar-refractivity contribution in [2.24, 2.45) is 0 Å². The van der Waals surface area contributed by atoms with Crippen LogP contribution in [-0.2, 0) is 19.5 Å². The lowest BCUT2D eigenvalue weighted by Gasteiger charge is -2.17. The lowest BCUT2D eigenvalue weighted by atomic mass is 10.1. The average Bonchev–Trinajstić information content (AvgIpc) is 3.07. The molecule has 0 spiro atoms. The predicted octanol–water partition coefficient (Wildman–Crippen LogP) is 2.13. The van der Waals surface area contributed by atoms with E-state index in [4.69, 9.17) is 0 Å². The molecule has 1 aromatic carbocycles. The molecule has 0 atom stereocenters. The quantitative estimate of drug-likeness (QED) is 0.737. The molecule has 3 amide bonds. The van der Waals surface area contributed by atoms with Crippen LogP contribution in [-0.4, -0.2) is 47.3 Å². The topological polar surface area (TPSA) is 91.3 Å². The maximum atomic E-state index is 12.7. The van der Waals surface area contributed by atoms with E-state index in [-0.39, 0.29) is 18.0 Å². The van der Waals surface area contributed by atoms with Gasteiger partial charge in [0.2, 0.25) is 0 Å². The number of carbonyl (C=O) groups is 2. The van der Waals surface area contributed by atoms with Crippen LogP contribution in [0.1, 0.15) is 47.2 Å². The van der Waals surface area contributed by atoms with Gasteiger partial charge in [0.15, 0.2) is 5.69 Å². The summed E-state index contributed by atoms with van der Waals surface area (Å²) in [6.07, 6.45) is 0.883. The second-order valence-corrected chi connectivity index (χ2v) is 7.44. The Morgan fingerprint density at radius 1 is 1.25 bits per heavy atom. The van der Waals surface area contributed by atoms with Gasteiger partial charge < -0.3 is 20.9 Å². The Labute approximate surface area is 165 Å². The lowest BCUT2D eigenvalue weighted by molar-refractivity contribution is 0.0944. The van der Waals surface area contributed by atoms with Gasteiger partial charge in [-0.2, -0.15) is 5.10 Å². The predicted molar refractivity (Wildman–Crippen MR) is 108 cm³/mol. The Hall–Kier alpha value is -2.87. The number of rotatable bonds is 5. The first-order chi connectivity index (χ1) is 13.4. The zero-order valence-corrected chi connectivity index (χ0v) is 16.9. The van der Waals surface area contributed by atoms with Crippen LogP contribution >= 0.6 is 0 Å². The number of fused-ring (bicyclic) bond motifs is 1. The van der Waals surface area contributed by atoms with Crippen molar-refractivity contribution in [2.75, 3.05) is 26.0 Å². The molecular formula is C20H28N6O2. The summed E-state index contributed by atoms with van der Waals surface area (Å²) in [5.74, 6) is -0.163. The molecule has 3 N–H and O–H groups in total. The fourth-order valence-corrected chi connectivity index (χ4v) is 3.19. The Morgan fingerprint density at radius 3 is 2.61 bits per heavy atom. The number of hydrogen-bond acceptors (Lipinski definition) is 4. The van der Waals surface area contributed by atoms with Crippen LogP contribution in [0.2, 0.25) is 0 Å². The highest BCUT2D eigenvalue weighted by atomic mass is 16.2. The van der Waals surface area contributed by atoms with Crippen molar-refractivity contribution >= 4 is 17.6 Å². The lowest BCUT2D eigenvalue weighted by Crippen LogP contribution is -2.28. The van der Waals surface area contributed by atoms with E-state index in [1.54, 1.807) is 14.1 Å². The smallest absolute Gasteiger partial charge is 0.321 e. The number of urea groups is 1. The van der Waals surface area contributed by atoms with Crippen molar-refractivity contribution in [2.45, 2.75) is 39.4 Å². The van der Waals surface area contributed by atoms with Crippen LogP contribution in [0.15, 0.2) is 24.3 Å². The molecule has 8 heteroatoms. The molecule has 0 unspecified atom stereocenters. The molecule has 0 radical (unpaired) electrons. The molecule has 0 saturated heterocycles. The van der Waals surface area contributed by atoms with Crippen molar-refractivity contribution in [1.29, 1.82) is 0 Å². The second-order valence-electron chi connectivity index (χ2n) is 7.44. The van der Waals surface area contributed by atoms with E-state index in [1.165, 1.54) is 4.90 Å². The van der Waals surface area contributed by atoms with E-state index in [0.29, 0.717) is 24.5 Å². The fraction of sp³-hybridized carbons (Fsp3) is 0.450. The van der Waals surface area contributed by atoms with Gasteiger partial charge in [0.1, 0.15) is 0 Å². The summed E-state index contributed by atoms with van der Waals surface area (Å²) in [7, 11) is 3.38. The number of aromatic nitrogens is 2. The summed E-state index contributed by atoms with van der Waals surface area (Å²) >= 11 is 0. The Balaban J connectivity index is 1.65. The van der Waals surface area contributed by atoms with Crippen molar-refractivity contribution < 1.29 is 9.59 Å². The third kappa shape index (κ3) is 4.33. The minimum absolute atomic E-state index is 0.163. The molecule has 150 valence electrons. The van der Waals surface area contributed by atoms with Gasteiger partial charge in [-0.15, -0.1) is 0 Å². The molecule has 2 aromatic rings. The maximum absolute atomic E-state index is 12.7. The Morgan fingerprint density at radius 2 is 1.96 bits per heavy atom.